The molecule has 25 heavy (non-hydrogen) atoms. The smallest absolute Gasteiger partial charge is 0.257 e. The van der Waals surface area contributed by atoms with Gasteiger partial charge in [0.1, 0.15) is 0 Å². The third-order valence-corrected chi connectivity index (χ3v) is 5.82. The number of hydrogen-bond donors (Lipinski definition) is 1. The van der Waals surface area contributed by atoms with Crippen LogP contribution in [0.5, 0.6) is 0 Å². The fourth-order valence-electron chi connectivity index (χ4n) is 2.28. The Morgan fingerprint density at radius 3 is 2.64 bits per heavy atom. The summed E-state index contributed by atoms with van der Waals surface area (Å²) in [5.74, 6) is 0.611. The quantitative estimate of drug-likeness (QED) is 0.471. The lowest BCUT2D eigenvalue weighted by Crippen LogP contribution is -2.13. The Bertz CT molecular complexity index is 894. The second-order valence-electron chi connectivity index (χ2n) is 5.56. The molecule has 4 nitrogen and oxygen atoms in total. The minimum atomic E-state index is -0.164. The van der Waals surface area contributed by atoms with E-state index in [2.05, 4.69) is 15.5 Å². The van der Waals surface area contributed by atoms with Gasteiger partial charge in [0.2, 0.25) is 5.13 Å². The van der Waals surface area contributed by atoms with Crippen molar-refractivity contribution in [1.82, 2.24) is 10.2 Å². The van der Waals surface area contributed by atoms with Crippen molar-refractivity contribution in [2.75, 3.05) is 5.32 Å². The first kappa shape index (κ1) is 17.9. The molecule has 0 fully saturated rings. The molecule has 0 bridgehead atoms. The molecular formula is C18H16ClN3OS2. The second kappa shape index (κ2) is 7.99. The number of rotatable bonds is 5. The van der Waals surface area contributed by atoms with Crippen LogP contribution < -0.4 is 5.32 Å². The molecule has 0 spiro atoms. The molecule has 1 heterocycles. The van der Waals surface area contributed by atoms with Gasteiger partial charge >= 0.3 is 0 Å². The van der Waals surface area contributed by atoms with Gasteiger partial charge in [-0.15, -0.1) is 10.2 Å². The molecule has 3 rings (SSSR count). The minimum Gasteiger partial charge on any atom is -0.296 e. The molecule has 0 aliphatic carbocycles. The number of hydrogen-bond acceptors (Lipinski definition) is 5. The van der Waals surface area contributed by atoms with Gasteiger partial charge in [-0.25, -0.2) is 0 Å². The van der Waals surface area contributed by atoms with Crippen molar-refractivity contribution in [1.29, 1.82) is 0 Å². The third-order valence-electron chi connectivity index (χ3n) is 3.53. The van der Waals surface area contributed by atoms with Crippen molar-refractivity contribution < 1.29 is 4.79 Å². The predicted octanol–water partition coefficient (Wildman–Crippen LogP) is 5.35. The molecule has 1 N–H and O–H groups in total. The van der Waals surface area contributed by atoms with E-state index in [-0.39, 0.29) is 5.91 Å². The molecule has 0 unspecified atom stereocenters. The van der Waals surface area contributed by atoms with E-state index in [4.69, 9.17) is 11.6 Å². The first-order valence-corrected chi connectivity index (χ1v) is 9.78. The molecule has 0 saturated heterocycles. The van der Waals surface area contributed by atoms with E-state index in [1.54, 1.807) is 11.8 Å². The number of carbonyl (C=O) groups is 1. The van der Waals surface area contributed by atoms with Gasteiger partial charge in [0.05, 0.1) is 0 Å². The average Bonchev–Trinajstić information content (AvgIpc) is 3.01. The van der Waals surface area contributed by atoms with E-state index >= 15 is 0 Å². The van der Waals surface area contributed by atoms with Gasteiger partial charge in [-0.05, 0) is 43.2 Å². The van der Waals surface area contributed by atoms with Gasteiger partial charge in [0.15, 0.2) is 4.34 Å². The van der Waals surface area contributed by atoms with Crippen LogP contribution in [0.1, 0.15) is 27.0 Å². The maximum absolute atomic E-state index is 12.4. The van der Waals surface area contributed by atoms with Crippen molar-refractivity contribution >= 4 is 45.7 Å². The largest absolute Gasteiger partial charge is 0.296 e. The molecule has 0 atom stereocenters. The standard InChI is InChI=1S/C18H16ClN3OS2/c1-11-3-8-15(12(2)9-11)16(23)20-17-21-22-18(25-17)24-10-13-4-6-14(19)7-5-13/h3-9H,10H2,1-2H3,(H,20,21,23). The Labute approximate surface area is 159 Å². The maximum Gasteiger partial charge on any atom is 0.257 e. The molecule has 1 amide bonds. The molecule has 0 saturated carbocycles. The van der Waals surface area contributed by atoms with Gasteiger partial charge in [0, 0.05) is 16.3 Å². The van der Waals surface area contributed by atoms with E-state index in [0.29, 0.717) is 10.7 Å². The Kier molecular flexibility index (Phi) is 5.73. The van der Waals surface area contributed by atoms with Crippen LogP contribution in [-0.2, 0) is 5.75 Å². The Balaban J connectivity index is 1.61. The van der Waals surface area contributed by atoms with Crippen LogP contribution in [0.4, 0.5) is 5.13 Å². The first-order valence-electron chi connectivity index (χ1n) is 7.60. The summed E-state index contributed by atoms with van der Waals surface area (Å²) in [6.45, 7) is 3.93. The minimum absolute atomic E-state index is 0.164. The van der Waals surface area contributed by atoms with Crippen molar-refractivity contribution in [2.24, 2.45) is 0 Å². The summed E-state index contributed by atoms with van der Waals surface area (Å²) in [4.78, 5) is 12.4. The highest BCUT2D eigenvalue weighted by molar-refractivity contribution is 8.00. The maximum atomic E-state index is 12.4. The van der Waals surface area contributed by atoms with Crippen molar-refractivity contribution in [2.45, 2.75) is 23.9 Å². The van der Waals surface area contributed by atoms with E-state index in [9.17, 15) is 4.79 Å². The molecule has 0 aliphatic heterocycles. The lowest BCUT2D eigenvalue weighted by molar-refractivity contribution is 0.102. The number of anilines is 1. The number of thioether (sulfide) groups is 1. The average molecular weight is 390 g/mol. The Hall–Kier alpha value is -1.89. The topological polar surface area (TPSA) is 54.9 Å². The zero-order valence-corrected chi connectivity index (χ0v) is 16.1. The summed E-state index contributed by atoms with van der Waals surface area (Å²) in [6.07, 6.45) is 0. The number of carbonyl (C=O) groups excluding carboxylic acids is 1. The van der Waals surface area contributed by atoms with Gasteiger partial charge in [-0.3, -0.25) is 10.1 Å². The number of benzene rings is 2. The highest BCUT2D eigenvalue weighted by Crippen LogP contribution is 2.29. The summed E-state index contributed by atoms with van der Waals surface area (Å²) in [5, 5.41) is 12.2. The first-order chi connectivity index (χ1) is 12.0. The zero-order chi connectivity index (χ0) is 17.8. The number of nitrogens with one attached hydrogen (secondary N) is 1. The number of nitrogens with zero attached hydrogens (tertiary/aromatic N) is 2. The summed E-state index contributed by atoms with van der Waals surface area (Å²) in [7, 11) is 0. The van der Waals surface area contributed by atoms with Gasteiger partial charge in [-0.1, -0.05) is 64.5 Å². The van der Waals surface area contributed by atoms with Crippen LogP contribution in [-0.4, -0.2) is 16.1 Å². The van der Waals surface area contributed by atoms with Crippen LogP contribution in [0.3, 0.4) is 0 Å². The van der Waals surface area contributed by atoms with Gasteiger partial charge in [-0.2, -0.15) is 0 Å². The number of aryl methyl sites for hydroxylation is 2. The van der Waals surface area contributed by atoms with Crippen LogP contribution in [0, 0.1) is 13.8 Å². The lowest BCUT2D eigenvalue weighted by Gasteiger charge is -2.05. The third kappa shape index (κ3) is 4.81. The summed E-state index contributed by atoms with van der Waals surface area (Å²) in [5.41, 5.74) is 3.88. The van der Waals surface area contributed by atoms with Crippen LogP contribution in [0.15, 0.2) is 46.8 Å². The van der Waals surface area contributed by atoms with Crippen LogP contribution in [0.2, 0.25) is 5.02 Å². The summed E-state index contributed by atoms with van der Waals surface area (Å²) >= 11 is 8.83. The van der Waals surface area contributed by atoms with Crippen LogP contribution in [0.25, 0.3) is 0 Å². The fourth-order valence-corrected chi connectivity index (χ4v) is 4.11. The molecule has 7 heteroatoms. The number of halogens is 1. The van der Waals surface area contributed by atoms with E-state index in [1.807, 2.05) is 56.3 Å². The second-order valence-corrected chi connectivity index (χ2v) is 8.20. The SMILES string of the molecule is Cc1ccc(C(=O)Nc2nnc(SCc3ccc(Cl)cc3)s2)c(C)c1. The van der Waals surface area contributed by atoms with Crippen LogP contribution >= 0.6 is 34.7 Å². The summed E-state index contributed by atoms with van der Waals surface area (Å²) in [6, 6.07) is 13.5. The number of aromatic nitrogens is 2. The predicted molar refractivity (Wildman–Crippen MR) is 105 cm³/mol. The lowest BCUT2D eigenvalue weighted by atomic mass is 10.1. The van der Waals surface area contributed by atoms with Crippen molar-refractivity contribution in [3.63, 3.8) is 0 Å². The van der Waals surface area contributed by atoms with Crippen molar-refractivity contribution in [3.05, 3.63) is 69.7 Å². The molecule has 0 radical (unpaired) electrons. The molecule has 0 aliphatic rings. The van der Waals surface area contributed by atoms with Crippen molar-refractivity contribution in [3.8, 4) is 0 Å². The molecule has 3 aromatic rings. The number of amides is 1. The normalized spacial score (nSPS) is 10.7. The highest BCUT2D eigenvalue weighted by Gasteiger charge is 2.12. The molecule has 1 aromatic heterocycles. The Morgan fingerprint density at radius 1 is 1.16 bits per heavy atom. The molecule has 128 valence electrons. The molecule has 2 aromatic carbocycles. The van der Waals surface area contributed by atoms with E-state index in [0.717, 1.165) is 31.8 Å². The van der Waals surface area contributed by atoms with Gasteiger partial charge < -0.3 is 0 Å². The fraction of sp³-hybridized carbons (Fsp3) is 0.167. The summed E-state index contributed by atoms with van der Waals surface area (Å²) < 4.78 is 0.811. The van der Waals surface area contributed by atoms with E-state index in [1.165, 1.54) is 11.3 Å². The van der Waals surface area contributed by atoms with Gasteiger partial charge in [0.25, 0.3) is 5.91 Å². The highest BCUT2D eigenvalue weighted by atomic mass is 35.5. The monoisotopic (exact) mass is 389 g/mol. The Morgan fingerprint density at radius 2 is 1.92 bits per heavy atom. The molecular weight excluding hydrogens is 374 g/mol. The zero-order valence-electron chi connectivity index (χ0n) is 13.7. The van der Waals surface area contributed by atoms with E-state index < -0.39 is 0 Å².